The average molecular weight is 210 g/mol. The van der Waals surface area contributed by atoms with Crippen LogP contribution in [0.2, 0.25) is 0 Å². The standard InChI is InChI=1S/C9H14N4S/c10-5-7-3-4-13(7)9-11-8(12-14-9)6-1-2-6/h6-7H,1-5,10H2. The summed E-state index contributed by atoms with van der Waals surface area (Å²) in [5.41, 5.74) is 5.66. The molecule has 3 rings (SSSR count). The number of nitrogens with two attached hydrogens (primary N) is 1. The highest BCUT2D eigenvalue weighted by Gasteiger charge is 2.32. The Balaban J connectivity index is 1.75. The third kappa shape index (κ3) is 1.31. The smallest absolute Gasteiger partial charge is 0.205 e. The highest BCUT2D eigenvalue weighted by molar-refractivity contribution is 7.09. The van der Waals surface area contributed by atoms with Gasteiger partial charge in [-0.2, -0.15) is 4.37 Å². The molecule has 2 heterocycles. The summed E-state index contributed by atoms with van der Waals surface area (Å²) in [4.78, 5) is 6.85. The van der Waals surface area contributed by atoms with E-state index in [0.717, 1.165) is 24.0 Å². The summed E-state index contributed by atoms with van der Waals surface area (Å²) in [6.45, 7) is 1.83. The summed E-state index contributed by atoms with van der Waals surface area (Å²) < 4.78 is 4.40. The minimum Gasteiger partial charge on any atom is -0.342 e. The van der Waals surface area contributed by atoms with Gasteiger partial charge in [-0.05, 0) is 19.3 Å². The molecule has 14 heavy (non-hydrogen) atoms. The summed E-state index contributed by atoms with van der Waals surface area (Å²) in [5.74, 6) is 1.73. The van der Waals surface area contributed by atoms with Gasteiger partial charge in [0.1, 0.15) is 5.82 Å². The molecule has 2 fully saturated rings. The first-order chi connectivity index (χ1) is 6.88. The van der Waals surface area contributed by atoms with E-state index in [1.165, 1.54) is 30.8 Å². The average Bonchev–Trinajstić information content (AvgIpc) is 2.87. The van der Waals surface area contributed by atoms with E-state index in [4.69, 9.17) is 5.73 Å². The molecule has 0 radical (unpaired) electrons. The Kier molecular flexibility index (Phi) is 1.95. The topological polar surface area (TPSA) is 55.0 Å². The van der Waals surface area contributed by atoms with Crippen molar-refractivity contribution in [3.63, 3.8) is 0 Å². The van der Waals surface area contributed by atoms with Gasteiger partial charge in [-0.25, -0.2) is 4.98 Å². The molecule has 0 aromatic carbocycles. The second-order valence-electron chi connectivity index (χ2n) is 4.08. The molecule has 1 saturated heterocycles. The van der Waals surface area contributed by atoms with Crippen molar-refractivity contribution in [2.75, 3.05) is 18.0 Å². The number of hydrogen-bond donors (Lipinski definition) is 1. The van der Waals surface area contributed by atoms with E-state index in [1.807, 2.05) is 0 Å². The van der Waals surface area contributed by atoms with Gasteiger partial charge in [0.25, 0.3) is 0 Å². The Morgan fingerprint density at radius 1 is 1.43 bits per heavy atom. The maximum atomic E-state index is 5.66. The molecular formula is C9H14N4S. The fourth-order valence-electron chi connectivity index (χ4n) is 1.79. The second-order valence-corrected chi connectivity index (χ2v) is 4.81. The highest BCUT2D eigenvalue weighted by Crippen LogP contribution is 2.40. The maximum Gasteiger partial charge on any atom is 0.205 e. The van der Waals surface area contributed by atoms with Gasteiger partial charge in [0.15, 0.2) is 0 Å². The quantitative estimate of drug-likeness (QED) is 0.807. The van der Waals surface area contributed by atoms with Gasteiger partial charge in [0.2, 0.25) is 5.13 Å². The molecule has 1 unspecified atom stereocenters. The van der Waals surface area contributed by atoms with Crippen molar-refractivity contribution in [1.82, 2.24) is 9.36 Å². The lowest BCUT2D eigenvalue weighted by molar-refractivity contribution is 0.455. The number of aromatic nitrogens is 2. The first-order valence-corrected chi connectivity index (χ1v) is 5.96. The molecule has 2 aliphatic rings. The van der Waals surface area contributed by atoms with Crippen LogP contribution in [0.3, 0.4) is 0 Å². The number of hydrogen-bond acceptors (Lipinski definition) is 5. The van der Waals surface area contributed by atoms with E-state index in [0.29, 0.717) is 12.0 Å². The van der Waals surface area contributed by atoms with Gasteiger partial charge in [-0.3, -0.25) is 0 Å². The van der Waals surface area contributed by atoms with Crippen molar-refractivity contribution in [2.24, 2.45) is 5.73 Å². The van der Waals surface area contributed by atoms with Crippen LogP contribution in [0.25, 0.3) is 0 Å². The van der Waals surface area contributed by atoms with Crippen LogP contribution in [-0.2, 0) is 0 Å². The molecule has 0 bridgehead atoms. The van der Waals surface area contributed by atoms with E-state index < -0.39 is 0 Å². The van der Waals surface area contributed by atoms with E-state index in [-0.39, 0.29) is 0 Å². The van der Waals surface area contributed by atoms with Gasteiger partial charge < -0.3 is 10.6 Å². The predicted octanol–water partition coefficient (Wildman–Crippen LogP) is 0.953. The largest absolute Gasteiger partial charge is 0.342 e. The molecule has 1 aliphatic carbocycles. The second kappa shape index (κ2) is 3.17. The fraction of sp³-hybridized carbons (Fsp3) is 0.778. The molecule has 76 valence electrons. The molecule has 0 amide bonds. The third-order valence-corrected chi connectivity index (χ3v) is 3.80. The predicted molar refractivity (Wildman–Crippen MR) is 56.7 cm³/mol. The van der Waals surface area contributed by atoms with E-state index in [2.05, 4.69) is 14.3 Å². The van der Waals surface area contributed by atoms with Gasteiger partial charge in [0.05, 0.1) is 0 Å². The molecule has 0 spiro atoms. The molecular weight excluding hydrogens is 196 g/mol. The van der Waals surface area contributed by atoms with Crippen LogP contribution < -0.4 is 10.6 Å². The monoisotopic (exact) mass is 210 g/mol. The van der Waals surface area contributed by atoms with Gasteiger partial charge in [-0.15, -0.1) is 0 Å². The minimum atomic E-state index is 0.509. The first-order valence-electron chi connectivity index (χ1n) is 5.19. The van der Waals surface area contributed by atoms with Crippen LogP contribution in [-0.4, -0.2) is 28.5 Å². The molecule has 1 saturated carbocycles. The van der Waals surface area contributed by atoms with Crippen LogP contribution in [0.5, 0.6) is 0 Å². The summed E-state index contributed by atoms with van der Waals surface area (Å²) in [6, 6.07) is 0.509. The molecule has 1 atom stereocenters. The van der Waals surface area contributed by atoms with E-state index >= 15 is 0 Å². The fourth-order valence-corrected chi connectivity index (χ4v) is 2.63. The van der Waals surface area contributed by atoms with Crippen molar-refractivity contribution < 1.29 is 0 Å². The number of anilines is 1. The first kappa shape index (κ1) is 8.61. The molecule has 1 aromatic rings. The van der Waals surface area contributed by atoms with Crippen LogP contribution in [0, 0.1) is 0 Å². The van der Waals surface area contributed by atoms with Crippen molar-refractivity contribution in [3.05, 3.63) is 5.82 Å². The van der Waals surface area contributed by atoms with E-state index in [9.17, 15) is 0 Å². The normalized spacial score (nSPS) is 26.4. The van der Waals surface area contributed by atoms with Crippen LogP contribution in [0.1, 0.15) is 31.0 Å². The summed E-state index contributed by atoms with van der Waals surface area (Å²) in [6.07, 6.45) is 3.75. The molecule has 4 nitrogen and oxygen atoms in total. The lowest BCUT2D eigenvalue weighted by Crippen LogP contribution is -2.51. The van der Waals surface area contributed by atoms with Gasteiger partial charge >= 0.3 is 0 Å². The van der Waals surface area contributed by atoms with Crippen molar-refractivity contribution >= 4 is 16.7 Å². The zero-order valence-corrected chi connectivity index (χ0v) is 8.83. The number of nitrogens with zero attached hydrogens (tertiary/aromatic N) is 3. The lowest BCUT2D eigenvalue weighted by Gasteiger charge is -2.39. The molecule has 1 aromatic heterocycles. The molecule has 1 aliphatic heterocycles. The van der Waals surface area contributed by atoms with Crippen molar-refractivity contribution in [1.29, 1.82) is 0 Å². The third-order valence-electron chi connectivity index (χ3n) is 3.04. The Morgan fingerprint density at radius 2 is 2.29 bits per heavy atom. The van der Waals surface area contributed by atoms with Gasteiger partial charge in [0, 0.05) is 36.6 Å². The van der Waals surface area contributed by atoms with Crippen molar-refractivity contribution in [2.45, 2.75) is 31.2 Å². The van der Waals surface area contributed by atoms with Crippen LogP contribution in [0.15, 0.2) is 0 Å². The van der Waals surface area contributed by atoms with Crippen LogP contribution in [0.4, 0.5) is 5.13 Å². The summed E-state index contributed by atoms with van der Waals surface area (Å²) >= 11 is 1.53. The molecule has 2 N–H and O–H groups in total. The maximum absolute atomic E-state index is 5.66. The van der Waals surface area contributed by atoms with E-state index in [1.54, 1.807) is 0 Å². The summed E-state index contributed by atoms with van der Waals surface area (Å²) in [5, 5.41) is 1.08. The molecule has 5 heteroatoms. The Morgan fingerprint density at radius 3 is 2.86 bits per heavy atom. The van der Waals surface area contributed by atoms with Gasteiger partial charge in [-0.1, -0.05) is 0 Å². The van der Waals surface area contributed by atoms with Crippen molar-refractivity contribution in [3.8, 4) is 0 Å². The SMILES string of the molecule is NCC1CCN1c1nc(C2CC2)ns1. The zero-order valence-electron chi connectivity index (χ0n) is 8.02. The van der Waals surface area contributed by atoms with Crippen LogP contribution >= 0.6 is 11.5 Å². The lowest BCUT2D eigenvalue weighted by atomic mass is 10.1. The Hall–Kier alpha value is -0.680. The highest BCUT2D eigenvalue weighted by atomic mass is 32.1. The Labute approximate surface area is 87.3 Å². The zero-order chi connectivity index (χ0) is 9.54. The number of rotatable bonds is 3. The Bertz CT molecular complexity index is 331. The minimum absolute atomic E-state index is 0.509. The summed E-state index contributed by atoms with van der Waals surface area (Å²) in [7, 11) is 0.